The fourth-order valence-electron chi connectivity index (χ4n) is 7.10. The fraction of sp³-hybridized carbons (Fsp3) is 0. The summed E-state index contributed by atoms with van der Waals surface area (Å²) in [5.41, 5.74) is 8.49. The molecule has 0 spiro atoms. The van der Waals surface area contributed by atoms with Crippen LogP contribution in [0.3, 0.4) is 0 Å². The van der Waals surface area contributed by atoms with E-state index in [0.29, 0.717) is 0 Å². The van der Waals surface area contributed by atoms with Crippen molar-refractivity contribution in [1.82, 2.24) is 9.55 Å². The zero-order valence-corrected chi connectivity index (χ0v) is 25.7. The number of para-hydroxylation sites is 1. The average Bonchev–Trinajstić information content (AvgIpc) is 3.78. The number of fused-ring (bicyclic) bond motifs is 12. The molecular weight excluding hydrogens is 585 g/mol. The van der Waals surface area contributed by atoms with Crippen LogP contribution in [-0.2, 0) is 0 Å². The van der Waals surface area contributed by atoms with Crippen LogP contribution in [0.15, 0.2) is 146 Å². The van der Waals surface area contributed by atoms with Gasteiger partial charge in [0.25, 0.3) is 0 Å². The standard InChI is InChI=1S/C41H24N2S2/c1-3-12-25(13-4-1)27-22-28(26-14-5-2-6-15-26)24-29(23-27)43-33-19-9-7-16-30(33)37-38(43)40-35(31-17-8-10-20-34(31)44-40)36-32-18-11-21-42-41(32)45-39(36)37/h1-24H. The van der Waals surface area contributed by atoms with Gasteiger partial charge in [0.1, 0.15) is 4.83 Å². The summed E-state index contributed by atoms with van der Waals surface area (Å²) in [6, 6.07) is 50.7. The van der Waals surface area contributed by atoms with Crippen molar-refractivity contribution in [3.8, 4) is 27.9 Å². The number of nitrogens with zero attached hydrogens (tertiary/aromatic N) is 2. The number of hydrogen-bond donors (Lipinski definition) is 0. The molecule has 0 atom stereocenters. The lowest BCUT2D eigenvalue weighted by Crippen LogP contribution is -1.96. The lowest BCUT2D eigenvalue weighted by Gasteiger charge is -2.14. The van der Waals surface area contributed by atoms with E-state index in [4.69, 9.17) is 4.98 Å². The van der Waals surface area contributed by atoms with Gasteiger partial charge in [-0.25, -0.2) is 4.98 Å². The molecule has 45 heavy (non-hydrogen) atoms. The molecule has 4 heterocycles. The quantitative estimate of drug-likeness (QED) is 0.195. The molecular formula is C41H24N2S2. The molecule has 0 unspecified atom stereocenters. The van der Waals surface area contributed by atoms with E-state index in [1.54, 1.807) is 0 Å². The van der Waals surface area contributed by atoms with Gasteiger partial charge in [0, 0.05) is 53.6 Å². The molecule has 0 N–H and O–H groups in total. The maximum absolute atomic E-state index is 4.85. The van der Waals surface area contributed by atoms with Crippen LogP contribution >= 0.6 is 22.7 Å². The van der Waals surface area contributed by atoms with Gasteiger partial charge in [-0.05, 0) is 64.7 Å². The van der Waals surface area contributed by atoms with Gasteiger partial charge in [-0.3, -0.25) is 0 Å². The Labute approximate surface area is 267 Å². The second-order valence-corrected chi connectivity index (χ2v) is 13.6. The Morgan fingerprint density at radius 1 is 0.467 bits per heavy atom. The first-order chi connectivity index (χ1) is 22.3. The normalized spacial score (nSPS) is 12.0. The molecule has 0 amide bonds. The zero-order valence-electron chi connectivity index (χ0n) is 24.1. The van der Waals surface area contributed by atoms with Crippen molar-refractivity contribution < 1.29 is 0 Å². The van der Waals surface area contributed by atoms with E-state index < -0.39 is 0 Å². The Morgan fingerprint density at radius 3 is 1.84 bits per heavy atom. The van der Waals surface area contributed by atoms with E-state index in [2.05, 4.69) is 144 Å². The molecule has 0 fully saturated rings. The van der Waals surface area contributed by atoms with Gasteiger partial charge >= 0.3 is 0 Å². The van der Waals surface area contributed by atoms with Crippen LogP contribution in [0.25, 0.3) is 90.2 Å². The van der Waals surface area contributed by atoms with E-state index in [9.17, 15) is 0 Å². The van der Waals surface area contributed by atoms with Gasteiger partial charge in [0.2, 0.25) is 0 Å². The highest BCUT2D eigenvalue weighted by Gasteiger charge is 2.24. The van der Waals surface area contributed by atoms with Gasteiger partial charge in [0.05, 0.1) is 15.7 Å². The fourth-order valence-corrected chi connectivity index (χ4v) is 9.57. The highest BCUT2D eigenvalue weighted by Crippen LogP contribution is 2.52. The summed E-state index contributed by atoms with van der Waals surface area (Å²) >= 11 is 3.73. The summed E-state index contributed by atoms with van der Waals surface area (Å²) in [7, 11) is 0. The van der Waals surface area contributed by atoms with Gasteiger partial charge in [0.15, 0.2) is 0 Å². The number of benzene rings is 6. The molecule has 6 aromatic carbocycles. The van der Waals surface area contributed by atoms with Crippen LogP contribution in [0.5, 0.6) is 0 Å². The van der Waals surface area contributed by atoms with Crippen molar-refractivity contribution in [3.63, 3.8) is 0 Å². The third-order valence-corrected chi connectivity index (χ3v) is 11.3. The molecule has 10 aromatic rings. The average molecular weight is 609 g/mol. The molecule has 2 nitrogen and oxygen atoms in total. The molecule has 0 bridgehead atoms. The Bertz CT molecular complexity index is 2690. The molecule has 0 aliphatic carbocycles. The number of aromatic nitrogens is 2. The summed E-state index contributed by atoms with van der Waals surface area (Å²) in [6.07, 6.45) is 1.92. The van der Waals surface area contributed by atoms with Gasteiger partial charge < -0.3 is 4.57 Å². The Balaban J connectivity index is 1.44. The summed E-state index contributed by atoms with van der Waals surface area (Å²) in [6.45, 7) is 0. The largest absolute Gasteiger partial charge is 0.308 e. The van der Waals surface area contributed by atoms with E-state index in [0.717, 1.165) is 4.83 Å². The van der Waals surface area contributed by atoms with Crippen molar-refractivity contribution in [1.29, 1.82) is 0 Å². The second kappa shape index (κ2) is 9.60. The van der Waals surface area contributed by atoms with Crippen molar-refractivity contribution in [3.05, 3.63) is 146 Å². The maximum atomic E-state index is 4.85. The monoisotopic (exact) mass is 608 g/mol. The minimum atomic E-state index is 1.09. The minimum absolute atomic E-state index is 1.09. The van der Waals surface area contributed by atoms with Crippen LogP contribution in [0.4, 0.5) is 0 Å². The van der Waals surface area contributed by atoms with Crippen LogP contribution in [-0.4, -0.2) is 9.55 Å². The molecule has 0 aliphatic heterocycles. The van der Waals surface area contributed by atoms with Crippen molar-refractivity contribution >= 4 is 85.0 Å². The number of pyridine rings is 1. The van der Waals surface area contributed by atoms with Crippen molar-refractivity contribution in [2.45, 2.75) is 0 Å². The summed E-state index contributed by atoms with van der Waals surface area (Å²) in [5.74, 6) is 0. The molecule has 0 aliphatic rings. The highest BCUT2D eigenvalue weighted by atomic mass is 32.1. The second-order valence-electron chi connectivity index (χ2n) is 11.5. The lowest BCUT2D eigenvalue weighted by molar-refractivity contribution is 1.19. The van der Waals surface area contributed by atoms with E-state index >= 15 is 0 Å². The number of rotatable bonds is 3. The Kier molecular flexibility index (Phi) is 5.35. The van der Waals surface area contributed by atoms with E-state index in [1.165, 1.54) is 85.4 Å². The van der Waals surface area contributed by atoms with Gasteiger partial charge in [-0.1, -0.05) is 97.1 Å². The van der Waals surface area contributed by atoms with Gasteiger partial charge in [-0.15, -0.1) is 22.7 Å². The smallest absolute Gasteiger partial charge is 0.124 e. The maximum Gasteiger partial charge on any atom is 0.124 e. The van der Waals surface area contributed by atoms with Crippen molar-refractivity contribution in [2.75, 3.05) is 0 Å². The Hall–Kier alpha value is -5.29. The van der Waals surface area contributed by atoms with Crippen molar-refractivity contribution in [2.24, 2.45) is 0 Å². The summed E-state index contributed by atoms with van der Waals surface area (Å²) in [5, 5.41) is 7.80. The zero-order chi connectivity index (χ0) is 29.5. The van der Waals surface area contributed by atoms with Crippen LogP contribution < -0.4 is 0 Å². The van der Waals surface area contributed by atoms with Crippen LogP contribution in [0.2, 0.25) is 0 Å². The summed E-state index contributed by atoms with van der Waals surface area (Å²) in [4.78, 5) is 5.94. The first-order valence-electron chi connectivity index (χ1n) is 15.1. The number of hydrogen-bond acceptors (Lipinski definition) is 3. The molecule has 0 saturated heterocycles. The molecule has 210 valence electrons. The van der Waals surface area contributed by atoms with Gasteiger partial charge in [-0.2, -0.15) is 0 Å². The SMILES string of the molecule is c1ccc(-c2cc(-c3ccccc3)cc(-n3c4ccccc4c4c5sc6ncccc6c5c5c6ccccc6sc5c43)c2)cc1. The van der Waals surface area contributed by atoms with E-state index in [-0.39, 0.29) is 0 Å². The molecule has 0 saturated carbocycles. The predicted molar refractivity (Wildman–Crippen MR) is 195 cm³/mol. The summed E-state index contributed by atoms with van der Waals surface area (Å²) < 4.78 is 6.47. The van der Waals surface area contributed by atoms with Crippen LogP contribution in [0, 0.1) is 0 Å². The molecule has 0 radical (unpaired) electrons. The first kappa shape index (κ1) is 25.1. The van der Waals surface area contributed by atoms with Crippen LogP contribution in [0.1, 0.15) is 0 Å². The third-order valence-electron chi connectivity index (χ3n) is 9.02. The third kappa shape index (κ3) is 3.64. The molecule has 4 aromatic heterocycles. The predicted octanol–water partition coefficient (Wildman–Crippen LogP) is 12.2. The molecule has 4 heteroatoms. The van der Waals surface area contributed by atoms with E-state index in [1.807, 2.05) is 28.9 Å². The highest BCUT2D eigenvalue weighted by molar-refractivity contribution is 7.29. The minimum Gasteiger partial charge on any atom is -0.308 e. The topological polar surface area (TPSA) is 17.8 Å². The Morgan fingerprint density at radius 2 is 1.09 bits per heavy atom. The number of thiophene rings is 2. The first-order valence-corrected chi connectivity index (χ1v) is 16.8. The molecule has 10 rings (SSSR count). The lowest BCUT2D eigenvalue weighted by atomic mass is 9.98.